The molecule has 0 unspecified atom stereocenters. The molecule has 0 radical (unpaired) electrons. The number of benzene rings is 2. The summed E-state index contributed by atoms with van der Waals surface area (Å²) in [7, 11) is 3.49. The van der Waals surface area contributed by atoms with Gasteiger partial charge in [-0.15, -0.1) is 0 Å². The van der Waals surface area contributed by atoms with E-state index in [0.29, 0.717) is 40.9 Å². The Morgan fingerprint density at radius 3 is 2.68 bits per heavy atom. The van der Waals surface area contributed by atoms with Crippen LogP contribution in [-0.4, -0.2) is 46.9 Å². The fourth-order valence-corrected chi connectivity index (χ4v) is 3.78. The van der Waals surface area contributed by atoms with Gasteiger partial charge in [0, 0.05) is 43.0 Å². The number of rotatable bonds is 4. The number of imidazole rings is 1. The van der Waals surface area contributed by atoms with E-state index in [1.54, 1.807) is 43.4 Å². The molecule has 0 spiro atoms. The maximum Gasteiger partial charge on any atom is 0.276 e. The third-order valence-corrected chi connectivity index (χ3v) is 5.43. The highest BCUT2D eigenvalue weighted by atomic mass is 35.5. The number of hydrogen-bond acceptors (Lipinski definition) is 4. The zero-order valence-corrected chi connectivity index (χ0v) is 17.8. The molecule has 2 N–H and O–H groups in total. The molecular formula is C22H21ClFN5O2. The summed E-state index contributed by atoms with van der Waals surface area (Å²) in [5.74, 6) is -0.780. The van der Waals surface area contributed by atoms with Gasteiger partial charge in [0.25, 0.3) is 11.8 Å². The molecule has 4 rings (SSSR count). The zero-order chi connectivity index (χ0) is 22.1. The van der Waals surface area contributed by atoms with Gasteiger partial charge < -0.3 is 15.2 Å². The van der Waals surface area contributed by atoms with E-state index in [1.165, 1.54) is 6.07 Å². The number of anilines is 1. The van der Waals surface area contributed by atoms with Crippen LogP contribution in [0, 0.1) is 5.82 Å². The molecule has 9 heteroatoms. The lowest BCUT2D eigenvalue weighted by molar-refractivity contribution is 0.0961. The number of likely N-dealkylation sites (N-methyl/N-ethyl adjacent to an activating group) is 1. The average molecular weight is 442 g/mol. The maximum absolute atomic E-state index is 14.6. The first-order valence-electron chi connectivity index (χ1n) is 9.74. The minimum Gasteiger partial charge on any atom is -0.355 e. The van der Waals surface area contributed by atoms with Crippen molar-refractivity contribution in [3.63, 3.8) is 0 Å². The van der Waals surface area contributed by atoms with Gasteiger partial charge in [-0.25, -0.2) is 9.37 Å². The Labute approximate surface area is 183 Å². The molecule has 1 aliphatic heterocycles. The lowest BCUT2D eigenvalue weighted by atomic mass is 10.2. The quantitative estimate of drug-likeness (QED) is 0.650. The lowest BCUT2D eigenvalue weighted by Gasteiger charge is -2.25. The highest BCUT2D eigenvalue weighted by molar-refractivity contribution is 6.30. The summed E-state index contributed by atoms with van der Waals surface area (Å²) in [5.41, 5.74) is 2.11. The van der Waals surface area contributed by atoms with E-state index < -0.39 is 11.7 Å². The average Bonchev–Trinajstić information content (AvgIpc) is 3.12. The number of fused-ring (bicyclic) bond motifs is 1. The molecule has 7 nitrogen and oxygen atoms in total. The molecule has 31 heavy (non-hydrogen) atoms. The fourth-order valence-electron chi connectivity index (χ4n) is 3.62. The Bertz CT molecular complexity index is 1180. The predicted octanol–water partition coefficient (Wildman–Crippen LogP) is 3.40. The molecule has 0 aliphatic carbocycles. The normalized spacial score (nSPS) is 13.5. The van der Waals surface area contributed by atoms with Crippen molar-refractivity contribution in [2.45, 2.75) is 13.1 Å². The number of nitrogens with zero attached hydrogens (tertiary/aromatic N) is 3. The van der Waals surface area contributed by atoms with Gasteiger partial charge >= 0.3 is 0 Å². The van der Waals surface area contributed by atoms with Gasteiger partial charge in [0.2, 0.25) is 0 Å². The van der Waals surface area contributed by atoms with Crippen molar-refractivity contribution in [2.75, 3.05) is 26.0 Å². The molecule has 1 aliphatic rings. The van der Waals surface area contributed by atoms with E-state index in [0.717, 1.165) is 6.54 Å². The molecule has 2 amide bonds. The monoisotopic (exact) mass is 441 g/mol. The van der Waals surface area contributed by atoms with E-state index in [1.807, 2.05) is 11.6 Å². The summed E-state index contributed by atoms with van der Waals surface area (Å²) in [6, 6.07) is 11.0. The Kier molecular flexibility index (Phi) is 5.75. The molecule has 2 aromatic carbocycles. The van der Waals surface area contributed by atoms with Gasteiger partial charge in [0.05, 0.1) is 11.3 Å². The van der Waals surface area contributed by atoms with Gasteiger partial charge in [-0.1, -0.05) is 17.7 Å². The summed E-state index contributed by atoms with van der Waals surface area (Å²) < 4.78 is 16.5. The number of carbonyl (C=O) groups is 2. The maximum atomic E-state index is 14.6. The first-order chi connectivity index (χ1) is 14.9. The van der Waals surface area contributed by atoms with Crippen molar-refractivity contribution in [2.24, 2.45) is 0 Å². The molecular weight excluding hydrogens is 421 g/mol. The SMILES string of the molecule is CNC(=O)c1cccc(NC(=O)c2nc(-c3ccc(Cl)cc3F)n3c2CN(C)CC3)c1. The number of halogens is 2. The molecule has 3 aromatic rings. The van der Waals surface area contributed by atoms with Crippen molar-refractivity contribution < 1.29 is 14.0 Å². The van der Waals surface area contributed by atoms with Gasteiger partial charge in [0.15, 0.2) is 5.69 Å². The summed E-state index contributed by atoms with van der Waals surface area (Å²) in [5, 5.41) is 5.65. The highest BCUT2D eigenvalue weighted by Gasteiger charge is 2.28. The molecule has 0 fully saturated rings. The summed E-state index contributed by atoms with van der Waals surface area (Å²) in [6.45, 7) is 1.83. The first-order valence-corrected chi connectivity index (χ1v) is 10.1. The highest BCUT2D eigenvalue weighted by Crippen LogP contribution is 2.29. The van der Waals surface area contributed by atoms with Crippen LogP contribution in [-0.2, 0) is 13.1 Å². The predicted molar refractivity (Wildman–Crippen MR) is 117 cm³/mol. The fraction of sp³-hybridized carbons (Fsp3) is 0.227. The van der Waals surface area contributed by atoms with Crippen molar-refractivity contribution >= 4 is 29.1 Å². The van der Waals surface area contributed by atoms with Crippen LogP contribution in [0.1, 0.15) is 26.5 Å². The minimum absolute atomic E-state index is 0.223. The van der Waals surface area contributed by atoms with Gasteiger partial charge in [-0.05, 0) is 43.4 Å². The largest absolute Gasteiger partial charge is 0.355 e. The van der Waals surface area contributed by atoms with E-state index in [4.69, 9.17) is 11.6 Å². The van der Waals surface area contributed by atoms with Crippen LogP contribution < -0.4 is 10.6 Å². The molecule has 0 saturated carbocycles. The summed E-state index contributed by atoms with van der Waals surface area (Å²) in [6.07, 6.45) is 0. The van der Waals surface area contributed by atoms with Crippen LogP contribution in [0.15, 0.2) is 42.5 Å². The van der Waals surface area contributed by atoms with Crippen LogP contribution in [0.25, 0.3) is 11.4 Å². The summed E-state index contributed by atoms with van der Waals surface area (Å²) in [4.78, 5) is 31.6. The van der Waals surface area contributed by atoms with Crippen LogP contribution in [0.3, 0.4) is 0 Å². The Hall–Kier alpha value is -3.23. The second-order valence-corrected chi connectivity index (χ2v) is 7.79. The summed E-state index contributed by atoms with van der Waals surface area (Å²) >= 11 is 5.89. The Balaban J connectivity index is 1.72. The Morgan fingerprint density at radius 2 is 1.94 bits per heavy atom. The molecule has 0 bridgehead atoms. The smallest absolute Gasteiger partial charge is 0.276 e. The third kappa shape index (κ3) is 4.17. The second-order valence-electron chi connectivity index (χ2n) is 7.36. The van der Waals surface area contributed by atoms with Crippen molar-refractivity contribution in [3.8, 4) is 11.4 Å². The van der Waals surface area contributed by atoms with Crippen molar-refractivity contribution in [3.05, 3.63) is 70.3 Å². The molecule has 0 atom stereocenters. The standard InChI is InChI=1S/C22H21ClFN5O2/c1-25-21(30)13-4-3-5-15(10-13)26-22(31)19-18-12-28(2)8-9-29(18)20(27-19)16-7-6-14(23)11-17(16)24/h3-7,10-11H,8-9,12H2,1-2H3,(H,25,30)(H,26,31). The van der Waals surface area contributed by atoms with Crippen molar-refractivity contribution in [1.29, 1.82) is 0 Å². The van der Waals surface area contributed by atoms with E-state index in [2.05, 4.69) is 20.5 Å². The first kappa shape index (κ1) is 21.0. The number of hydrogen-bond donors (Lipinski definition) is 2. The van der Waals surface area contributed by atoms with Crippen LogP contribution >= 0.6 is 11.6 Å². The van der Waals surface area contributed by atoms with Gasteiger partial charge in [0.1, 0.15) is 11.6 Å². The molecule has 1 aromatic heterocycles. The minimum atomic E-state index is -0.496. The van der Waals surface area contributed by atoms with E-state index in [-0.39, 0.29) is 17.2 Å². The van der Waals surface area contributed by atoms with Crippen LogP contribution in [0.4, 0.5) is 10.1 Å². The van der Waals surface area contributed by atoms with Crippen LogP contribution in [0.5, 0.6) is 0 Å². The third-order valence-electron chi connectivity index (χ3n) is 5.19. The number of aromatic nitrogens is 2. The molecule has 0 saturated heterocycles. The van der Waals surface area contributed by atoms with E-state index >= 15 is 0 Å². The van der Waals surface area contributed by atoms with Crippen molar-refractivity contribution in [1.82, 2.24) is 19.8 Å². The topological polar surface area (TPSA) is 79.3 Å². The number of amides is 2. The molecule has 160 valence electrons. The zero-order valence-electron chi connectivity index (χ0n) is 17.1. The Morgan fingerprint density at radius 1 is 1.13 bits per heavy atom. The van der Waals surface area contributed by atoms with Crippen LogP contribution in [0.2, 0.25) is 5.02 Å². The van der Waals surface area contributed by atoms with E-state index in [9.17, 15) is 14.0 Å². The lowest BCUT2D eigenvalue weighted by Crippen LogP contribution is -2.31. The number of nitrogens with one attached hydrogen (secondary N) is 2. The number of carbonyl (C=O) groups excluding carboxylic acids is 2. The van der Waals surface area contributed by atoms with Gasteiger partial charge in [-0.2, -0.15) is 0 Å². The van der Waals surface area contributed by atoms with Gasteiger partial charge in [-0.3, -0.25) is 14.5 Å². The second kappa shape index (κ2) is 8.49. The molecule has 2 heterocycles.